The molecule has 1 aliphatic heterocycles. The van der Waals surface area contributed by atoms with Gasteiger partial charge in [-0.25, -0.2) is 13.1 Å². The van der Waals surface area contributed by atoms with Gasteiger partial charge in [0.1, 0.15) is 0 Å². The van der Waals surface area contributed by atoms with E-state index in [1.54, 1.807) is 12.1 Å². The van der Waals surface area contributed by atoms with Crippen molar-refractivity contribution in [2.24, 2.45) is 5.41 Å². The monoisotopic (exact) mass is 294 g/mol. The van der Waals surface area contributed by atoms with E-state index in [0.29, 0.717) is 11.4 Å². The largest absolute Gasteiger partial charge is 0.309 e. The molecule has 20 heavy (non-hydrogen) atoms. The lowest BCUT2D eigenvalue weighted by molar-refractivity contribution is 0.449. The molecule has 5 heteroatoms. The van der Waals surface area contributed by atoms with Gasteiger partial charge in [0.2, 0.25) is 10.0 Å². The van der Waals surface area contributed by atoms with E-state index in [1.165, 1.54) is 5.56 Å². The average molecular weight is 294 g/mol. The molecule has 1 aromatic rings. The van der Waals surface area contributed by atoms with E-state index < -0.39 is 10.0 Å². The van der Waals surface area contributed by atoms with E-state index in [2.05, 4.69) is 17.0 Å². The summed E-state index contributed by atoms with van der Waals surface area (Å²) >= 11 is 0. The molecule has 1 aliphatic carbocycles. The molecular weight excluding hydrogens is 272 g/mol. The Kier molecular flexibility index (Phi) is 3.60. The van der Waals surface area contributed by atoms with Crippen LogP contribution in [-0.4, -0.2) is 15.0 Å². The zero-order chi connectivity index (χ0) is 14.2. The lowest BCUT2D eigenvalue weighted by Crippen LogP contribution is -2.30. The molecule has 1 fully saturated rings. The van der Waals surface area contributed by atoms with Gasteiger partial charge in [0.15, 0.2) is 0 Å². The number of benzene rings is 1. The molecule has 1 heterocycles. The van der Waals surface area contributed by atoms with E-state index in [9.17, 15) is 8.42 Å². The lowest BCUT2D eigenvalue weighted by Gasteiger charge is -2.15. The molecule has 2 aliphatic rings. The van der Waals surface area contributed by atoms with Crippen molar-refractivity contribution in [2.45, 2.75) is 50.6 Å². The van der Waals surface area contributed by atoms with Gasteiger partial charge in [-0.1, -0.05) is 19.4 Å². The second kappa shape index (κ2) is 5.13. The van der Waals surface area contributed by atoms with Crippen molar-refractivity contribution in [1.82, 2.24) is 10.0 Å². The maximum Gasteiger partial charge on any atom is 0.240 e. The topological polar surface area (TPSA) is 58.2 Å². The fraction of sp³-hybridized carbons (Fsp3) is 0.600. The van der Waals surface area contributed by atoms with Crippen LogP contribution in [0.5, 0.6) is 0 Å². The van der Waals surface area contributed by atoms with Crippen molar-refractivity contribution >= 4 is 10.0 Å². The van der Waals surface area contributed by atoms with Crippen molar-refractivity contribution < 1.29 is 8.42 Å². The summed E-state index contributed by atoms with van der Waals surface area (Å²) in [6, 6.07) is 5.44. The Morgan fingerprint density at radius 3 is 2.70 bits per heavy atom. The Balaban J connectivity index is 1.72. The second-order valence-electron chi connectivity index (χ2n) is 6.11. The molecule has 0 amide bonds. The maximum absolute atomic E-state index is 12.4. The zero-order valence-corrected chi connectivity index (χ0v) is 12.7. The van der Waals surface area contributed by atoms with Gasteiger partial charge in [0.05, 0.1) is 4.90 Å². The Labute approximate surface area is 121 Å². The summed E-state index contributed by atoms with van der Waals surface area (Å²) in [6.07, 6.45) is 4.53. The van der Waals surface area contributed by atoms with E-state index in [1.807, 2.05) is 6.07 Å². The van der Waals surface area contributed by atoms with Crippen molar-refractivity contribution in [1.29, 1.82) is 0 Å². The average Bonchev–Trinajstić information content (AvgIpc) is 3.03. The van der Waals surface area contributed by atoms with Gasteiger partial charge in [0, 0.05) is 19.6 Å². The van der Waals surface area contributed by atoms with Crippen LogP contribution in [0.15, 0.2) is 23.1 Å². The third kappa shape index (κ3) is 2.75. The summed E-state index contributed by atoms with van der Waals surface area (Å²) in [4.78, 5) is 0.396. The van der Waals surface area contributed by atoms with Crippen LogP contribution in [0.1, 0.15) is 43.7 Å². The van der Waals surface area contributed by atoms with Crippen LogP contribution in [0.2, 0.25) is 0 Å². The van der Waals surface area contributed by atoms with Crippen LogP contribution in [0, 0.1) is 5.41 Å². The number of rotatable bonds is 6. The Morgan fingerprint density at radius 2 is 2.00 bits per heavy atom. The maximum atomic E-state index is 12.4. The van der Waals surface area contributed by atoms with Gasteiger partial charge >= 0.3 is 0 Å². The highest BCUT2D eigenvalue weighted by Gasteiger charge is 2.42. The highest BCUT2D eigenvalue weighted by Crippen LogP contribution is 2.49. The molecule has 0 bridgehead atoms. The molecule has 0 radical (unpaired) electrons. The van der Waals surface area contributed by atoms with Gasteiger partial charge in [-0.2, -0.15) is 0 Å². The molecule has 0 saturated heterocycles. The number of nitrogens with one attached hydrogen (secondary N) is 2. The summed E-state index contributed by atoms with van der Waals surface area (Å²) in [7, 11) is -3.37. The normalized spacial score (nSPS) is 19.9. The molecule has 0 atom stereocenters. The lowest BCUT2D eigenvalue weighted by atomic mass is 10.0. The minimum absolute atomic E-state index is 0.236. The third-order valence-electron chi connectivity index (χ3n) is 4.49. The quantitative estimate of drug-likeness (QED) is 0.845. The van der Waals surface area contributed by atoms with Crippen LogP contribution in [0.3, 0.4) is 0 Å². The molecule has 110 valence electrons. The predicted molar refractivity (Wildman–Crippen MR) is 78.7 cm³/mol. The van der Waals surface area contributed by atoms with Crippen molar-refractivity contribution in [3.8, 4) is 0 Å². The second-order valence-corrected chi connectivity index (χ2v) is 7.88. The Hall–Kier alpha value is -0.910. The van der Waals surface area contributed by atoms with Gasteiger partial charge < -0.3 is 5.32 Å². The zero-order valence-electron chi connectivity index (χ0n) is 11.9. The fourth-order valence-electron chi connectivity index (χ4n) is 2.99. The summed E-state index contributed by atoms with van der Waals surface area (Å²) in [5.74, 6) is 0. The first-order valence-corrected chi connectivity index (χ1v) is 8.85. The van der Waals surface area contributed by atoms with Crippen LogP contribution in [-0.2, 0) is 23.1 Å². The van der Waals surface area contributed by atoms with Crippen LogP contribution >= 0.6 is 0 Å². The van der Waals surface area contributed by atoms with E-state index >= 15 is 0 Å². The molecule has 0 aromatic heterocycles. The SMILES string of the molecule is CCCC1(CNS(=O)(=O)c2ccc3c(c2)CNC3)CC1. The first kappa shape index (κ1) is 14.0. The van der Waals surface area contributed by atoms with E-state index in [-0.39, 0.29) is 5.41 Å². The molecule has 2 N–H and O–H groups in total. The van der Waals surface area contributed by atoms with Gasteiger partial charge in [-0.3, -0.25) is 0 Å². The van der Waals surface area contributed by atoms with Gasteiger partial charge in [0.25, 0.3) is 0 Å². The fourth-order valence-corrected chi connectivity index (χ4v) is 4.20. The van der Waals surface area contributed by atoms with Crippen LogP contribution < -0.4 is 10.0 Å². The molecule has 0 spiro atoms. The van der Waals surface area contributed by atoms with Gasteiger partial charge in [-0.05, 0) is 47.9 Å². The molecule has 1 saturated carbocycles. The third-order valence-corrected chi connectivity index (χ3v) is 5.89. The van der Waals surface area contributed by atoms with E-state index in [4.69, 9.17) is 0 Å². The summed E-state index contributed by atoms with van der Waals surface area (Å²) in [5.41, 5.74) is 2.54. The molecular formula is C15H22N2O2S. The van der Waals surface area contributed by atoms with E-state index in [0.717, 1.165) is 44.3 Å². The standard InChI is InChI=1S/C15H22N2O2S/c1-2-5-15(6-7-15)11-17-20(18,19)14-4-3-12-9-16-10-13(12)8-14/h3-4,8,16-17H,2,5-7,9-11H2,1H3. The number of fused-ring (bicyclic) bond motifs is 1. The summed E-state index contributed by atoms with van der Waals surface area (Å²) < 4.78 is 27.6. The number of hydrogen-bond donors (Lipinski definition) is 2. The minimum atomic E-state index is -3.37. The van der Waals surface area contributed by atoms with Crippen molar-refractivity contribution in [3.05, 3.63) is 29.3 Å². The molecule has 0 unspecified atom stereocenters. The highest BCUT2D eigenvalue weighted by atomic mass is 32.2. The molecule has 3 rings (SSSR count). The number of hydrogen-bond acceptors (Lipinski definition) is 3. The minimum Gasteiger partial charge on any atom is -0.309 e. The highest BCUT2D eigenvalue weighted by molar-refractivity contribution is 7.89. The molecule has 1 aromatic carbocycles. The Morgan fingerprint density at radius 1 is 1.25 bits per heavy atom. The summed E-state index contributed by atoms with van der Waals surface area (Å²) in [5, 5.41) is 3.23. The Bertz CT molecular complexity index is 606. The van der Waals surface area contributed by atoms with Gasteiger partial charge in [-0.15, -0.1) is 0 Å². The first-order chi connectivity index (χ1) is 9.55. The summed E-state index contributed by atoms with van der Waals surface area (Å²) in [6.45, 7) is 4.34. The predicted octanol–water partition coefficient (Wildman–Crippen LogP) is 2.15. The smallest absolute Gasteiger partial charge is 0.240 e. The first-order valence-electron chi connectivity index (χ1n) is 7.37. The number of sulfonamides is 1. The van der Waals surface area contributed by atoms with Crippen LogP contribution in [0.4, 0.5) is 0 Å². The molecule has 4 nitrogen and oxygen atoms in total. The van der Waals surface area contributed by atoms with Crippen LogP contribution in [0.25, 0.3) is 0 Å². The van der Waals surface area contributed by atoms with Crippen molar-refractivity contribution in [3.63, 3.8) is 0 Å². The van der Waals surface area contributed by atoms with Crippen molar-refractivity contribution in [2.75, 3.05) is 6.54 Å².